The number of aliphatic hydroxyl groups excluding tert-OH is 1. The summed E-state index contributed by atoms with van der Waals surface area (Å²) in [7, 11) is 0. The summed E-state index contributed by atoms with van der Waals surface area (Å²) in [5.74, 6) is -2.76. The van der Waals surface area contributed by atoms with Crippen molar-refractivity contribution in [1.29, 1.82) is 0 Å². The quantitative estimate of drug-likeness (QED) is 0.153. The summed E-state index contributed by atoms with van der Waals surface area (Å²) >= 11 is 10.3. The molecule has 3 heterocycles. The molecule has 1 aromatic carbocycles. The SMILES string of the molecule is C=CCCOC(=O)[C@H]1[C@@H]2OC3(CC2Br)C(C(=O)N(CC=C)c2c(C)cccc2Cl)N(CCCCCO)C(=O)[C@H]13. The fraction of sp³-hybridized carbons (Fsp3) is 0.552. The van der Waals surface area contributed by atoms with Crippen molar-refractivity contribution < 1.29 is 29.0 Å². The van der Waals surface area contributed by atoms with E-state index in [-0.39, 0.29) is 36.4 Å². The minimum Gasteiger partial charge on any atom is -0.465 e. The number of alkyl halides is 1. The number of unbranched alkanes of at least 4 members (excludes halogenated alkanes) is 2. The van der Waals surface area contributed by atoms with Crippen LogP contribution in [-0.2, 0) is 23.9 Å². The summed E-state index contributed by atoms with van der Waals surface area (Å²) in [4.78, 5) is 44.9. The van der Waals surface area contributed by atoms with Crippen molar-refractivity contribution in [1.82, 2.24) is 4.90 Å². The molecule has 6 atom stereocenters. The fourth-order valence-corrected chi connectivity index (χ4v) is 7.63. The monoisotopic (exact) mass is 622 g/mol. The number of rotatable bonds is 13. The van der Waals surface area contributed by atoms with Gasteiger partial charge in [0.1, 0.15) is 11.6 Å². The Hall–Kier alpha value is -2.20. The van der Waals surface area contributed by atoms with Crippen LogP contribution < -0.4 is 4.90 Å². The second-order valence-electron chi connectivity index (χ2n) is 10.4. The number of amides is 2. The number of esters is 1. The molecule has 0 radical (unpaired) electrons. The number of hydrogen-bond acceptors (Lipinski definition) is 6. The lowest BCUT2D eigenvalue weighted by atomic mass is 9.70. The Kier molecular flexibility index (Phi) is 9.57. The lowest BCUT2D eigenvalue weighted by Crippen LogP contribution is -2.57. The number of halogens is 2. The molecular formula is C29H36BrClN2O6. The van der Waals surface area contributed by atoms with Gasteiger partial charge in [-0.3, -0.25) is 14.4 Å². The van der Waals surface area contributed by atoms with Crippen molar-refractivity contribution >= 4 is 51.0 Å². The van der Waals surface area contributed by atoms with E-state index in [1.807, 2.05) is 19.1 Å². The smallest absolute Gasteiger partial charge is 0.312 e. The highest BCUT2D eigenvalue weighted by Crippen LogP contribution is 2.60. The van der Waals surface area contributed by atoms with Gasteiger partial charge in [-0.1, -0.05) is 51.8 Å². The Morgan fingerprint density at radius 3 is 2.74 bits per heavy atom. The minimum absolute atomic E-state index is 0.0520. The molecule has 1 N–H and O–H groups in total. The first-order valence-corrected chi connectivity index (χ1v) is 14.7. The van der Waals surface area contributed by atoms with Crippen molar-refractivity contribution in [2.45, 2.75) is 61.6 Å². The molecule has 0 aliphatic carbocycles. The zero-order valence-electron chi connectivity index (χ0n) is 22.2. The van der Waals surface area contributed by atoms with Gasteiger partial charge in [0.15, 0.2) is 0 Å². The molecule has 1 aromatic rings. The van der Waals surface area contributed by atoms with Crippen molar-refractivity contribution in [2.75, 3.05) is 31.2 Å². The number of likely N-dealkylation sites (tertiary alicyclic amines) is 1. The third-order valence-electron chi connectivity index (χ3n) is 7.95. The maximum atomic E-state index is 14.6. The molecule has 3 aliphatic rings. The molecule has 4 rings (SSSR count). The molecule has 10 heteroatoms. The molecular weight excluding hydrogens is 588 g/mol. The number of para-hydroxylation sites is 1. The van der Waals surface area contributed by atoms with Gasteiger partial charge in [-0.05, 0) is 50.7 Å². The highest BCUT2D eigenvalue weighted by Gasteiger charge is 2.77. The predicted molar refractivity (Wildman–Crippen MR) is 153 cm³/mol. The van der Waals surface area contributed by atoms with Crippen LogP contribution in [0, 0.1) is 18.8 Å². The molecule has 2 amide bonds. The number of hydrogen-bond donors (Lipinski definition) is 1. The van der Waals surface area contributed by atoms with Crippen LogP contribution in [0.3, 0.4) is 0 Å². The molecule has 8 nitrogen and oxygen atoms in total. The third-order valence-corrected chi connectivity index (χ3v) is 9.10. The lowest BCUT2D eigenvalue weighted by molar-refractivity contribution is -0.154. The molecule has 0 saturated carbocycles. The van der Waals surface area contributed by atoms with E-state index in [4.69, 9.17) is 21.1 Å². The Morgan fingerprint density at radius 1 is 1.31 bits per heavy atom. The van der Waals surface area contributed by atoms with Gasteiger partial charge in [0.05, 0.1) is 35.3 Å². The number of aliphatic hydroxyl groups is 1. The lowest BCUT2D eigenvalue weighted by Gasteiger charge is -2.37. The largest absolute Gasteiger partial charge is 0.465 e. The highest BCUT2D eigenvalue weighted by atomic mass is 79.9. The van der Waals surface area contributed by atoms with Gasteiger partial charge in [-0.2, -0.15) is 0 Å². The molecule has 3 unspecified atom stereocenters. The van der Waals surface area contributed by atoms with E-state index in [1.54, 1.807) is 28.0 Å². The van der Waals surface area contributed by atoms with Gasteiger partial charge >= 0.3 is 5.97 Å². The first-order chi connectivity index (χ1) is 18.7. The van der Waals surface area contributed by atoms with E-state index in [0.717, 1.165) is 5.56 Å². The molecule has 212 valence electrons. The van der Waals surface area contributed by atoms with Gasteiger partial charge in [0.2, 0.25) is 5.91 Å². The fourth-order valence-electron chi connectivity index (χ4n) is 6.36. The Morgan fingerprint density at radius 2 is 2.08 bits per heavy atom. The number of carbonyl (C=O) groups is 3. The number of fused-ring (bicyclic) bond motifs is 1. The van der Waals surface area contributed by atoms with Crippen molar-refractivity contribution in [3.63, 3.8) is 0 Å². The number of nitrogens with zero attached hydrogens (tertiary/aromatic N) is 2. The summed E-state index contributed by atoms with van der Waals surface area (Å²) in [5.41, 5.74) is 0.171. The Balaban J connectivity index is 1.76. The first kappa shape index (κ1) is 29.8. The van der Waals surface area contributed by atoms with Crippen molar-refractivity contribution in [3.05, 3.63) is 54.1 Å². The average molecular weight is 624 g/mol. The summed E-state index contributed by atoms with van der Waals surface area (Å²) in [6, 6.07) is 4.45. The van der Waals surface area contributed by atoms with Crippen LogP contribution >= 0.6 is 27.5 Å². The molecule has 0 aromatic heterocycles. The Bertz CT molecular complexity index is 1110. The van der Waals surface area contributed by atoms with Crippen LogP contribution in [0.4, 0.5) is 5.69 Å². The summed E-state index contributed by atoms with van der Waals surface area (Å²) < 4.78 is 12.1. The molecule has 39 heavy (non-hydrogen) atoms. The summed E-state index contributed by atoms with van der Waals surface area (Å²) in [6.07, 6.45) is 5.48. The van der Waals surface area contributed by atoms with Crippen LogP contribution in [0.15, 0.2) is 43.5 Å². The summed E-state index contributed by atoms with van der Waals surface area (Å²) in [5, 5.41) is 9.66. The van der Waals surface area contributed by atoms with E-state index in [9.17, 15) is 19.5 Å². The van der Waals surface area contributed by atoms with Crippen molar-refractivity contribution in [2.24, 2.45) is 11.8 Å². The van der Waals surface area contributed by atoms with Crippen LogP contribution in [-0.4, -0.2) is 76.7 Å². The highest BCUT2D eigenvalue weighted by molar-refractivity contribution is 9.09. The molecule has 3 aliphatic heterocycles. The number of ether oxygens (including phenoxy) is 2. The first-order valence-electron chi connectivity index (χ1n) is 13.4. The predicted octanol–water partition coefficient (Wildman–Crippen LogP) is 4.20. The van der Waals surface area contributed by atoms with Gasteiger partial charge in [-0.25, -0.2) is 0 Å². The molecule has 1 spiro atoms. The van der Waals surface area contributed by atoms with Gasteiger partial charge in [-0.15, -0.1) is 13.2 Å². The van der Waals surface area contributed by atoms with Gasteiger partial charge in [0, 0.05) is 24.5 Å². The topological polar surface area (TPSA) is 96.4 Å². The van der Waals surface area contributed by atoms with Crippen LogP contribution in [0.25, 0.3) is 0 Å². The van der Waals surface area contributed by atoms with E-state index in [1.165, 1.54) is 0 Å². The normalized spacial score (nSPS) is 28.9. The van der Waals surface area contributed by atoms with Crippen LogP contribution in [0.5, 0.6) is 0 Å². The maximum Gasteiger partial charge on any atom is 0.312 e. The minimum atomic E-state index is -1.19. The molecule has 2 bridgehead atoms. The number of aryl methyl sites for hydroxylation is 1. The molecule has 3 fully saturated rings. The second-order valence-corrected chi connectivity index (χ2v) is 12.0. The molecule has 3 saturated heterocycles. The maximum absolute atomic E-state index is 14.6. The number of anilines is 1. The van der Waals surface area contributed by atoms with Gasteiger partial charge in [0.25, 0.3) is 5.91 Å². The second kappa shape index (κ2) is 12.5. The Labute approximate surface area is 243 Å². The van der Waals surface area contributed by atoms with Gasteiger partial charge < -0.3 is 24.4 Å². The van der Waals surface area contributed by atoms with E-state index in [0.29, 0.717) is 49.4 Å². The standard InChI is InChI=1S/C29H36BrClN2O6/c1-4-6-16-38-28(37)21-22-26(35)33(14-8-7-9-15-34)25(29(22)17-19(30)24(21)39-29)27(36)32(13-5-2)23-18(3)11-10-12-20(23)31/h4-5,10-12,19,21-22,24-25,34H,1-2,6-9,13-17H2,3H3/t19?,21-,22+,24-,25?,29?/m1/s1. The van der Waals surface area contributed by atoms with E-state index < -0.39 is 35.6 Å². The van der Waals surface area contributed by atoms with Crippen LogP contribution in [0.2, 0.25) is 5.02 Å². The van der Waals surface area contributed by atoms with Crippen LogP contribution in [0.1, 0.15) is 37.7 Å². The van der Waals surface area contributed by atoms with Crippen molar-refractivity contribution in [3.8, 4) is 0 Å². The zero-order valence-corrected chi connectivity index (χ0v) is 24.5. The summed E-state index contributed by atoms with van der Waals surface area (Å²) in [6.45, 7) is 10.1. The van der Waals surface area contributed by atoms with E-state index in [2.05, 4.69) is 29.1 Å². The number of carbonyl (C=O) groups excluding carboxylic acids is 3. The average Bonchev–Trinajstić information content (AvgIpc) is 3.49. The zero-order chi connectivity index (χ0) is 28.3. The number of benzene rings is 1. The van der Waals surface area contributed by atoms with E-state index >= 15 is 0 Å². The third kappa shape index (κ3) is 5.31.